The third kappa shape index (κ3) is 4.11. The molecule has 134 valence electrons. The smallest absolute Gasteiger partial charge is 0.120 e. The van der Waals surface area contributed by atoms with Crippen LogP contribution in [0.4, 0.5) is 0 Å². The Morgan fingerprint density at radius 3 is 2.50 bits per heavy atom. The molecular weight excluding hydrogens is 300 g/mol. The third-order valence-corrected chi connectivity index (χ3v) is 5.85. The lowest BCUT2D eigenvalue weighted by atomic mass is 9.89. The van der Waals surface area contributed by atoms with Crippen molar-refractivity contribution in [3.63, 3.8) is 0 Å². The first-order valence-electron chi connectivity index (χ1n) is 9.65. The first kappa shape index (κ1) is 17.7. The highest BCUT2D eigenvalue weighted by Crippen LogP contribution is 2.29. The normalized spacial score (nSPS) is 27.9. The summed E-state index contributed by atoms with van der Waals surface area (Å²) in [5.74, 6) is 0.389. The number of nitrogens with one attached hydrogen (secondary N) is 1. The Morgan fingerprint density at radius 2 is 1.83 bits per heavy atom. The standard InChI is InChI=1S/C20H32N2O2/c1-2-17(16-7-3-5-9-19(16)23)21-15-11-13-22(14-12-15)18-8-4-6-10-20(18)24/h3,5,7,9,15,17-18,20-21,23-24H,2,4,6,8,10-14H2,1H3/t17-,18-,20+/m0/s1. The summed E-state index contributed by atoms with van der Waals surface area (Å²) in [7, 11) is 0. The van der Waals surface area contributed by atoms with Crippen LogP contribution in [-0.2, 0) is 0 Å². The fourth-order valence-corrected chi connectivity index (χ4v) is 4.41. The number of nitrogens with zero attached hydrogens (tertiary/aromatic N) is 1. The zero-order valence-corrected chi connectivity index (χ0v) is 14.8. The number of hydrogen-bond donors (Lipinski definition) is 3. The van der Waals surface area contributed by atoms with E-state index in [-0.39, 0.29) is 12.1 Å². The number of hydrogen-bond acceptors (Lipinski definition) is 4. The number of likely N-dealkylation sites (tertiary alicyclic amines) is 1. The van der Waals surface area contributed by atoms with Crippen LogP contribution >= 0.6 is 0 Å². The molecule has 1 aliphatic carbocycles. The molecule has 24 heavy (non-hydrogen) atoms. The van der Waals surface area contributed by atoms with Gasteiger partial charge in [0.2, 0.25) is 0 Å². The molecule has 0 amide bonds. The number of piperidine rings is 1. The van der Waals surface area contributed by atoms with Crippen LogP contribution in [0.15, 0.2) is 24.3 Å². The molecule has 0 radical (unpaired) electrons. The van der Waals surface area contributed by atoms with Crippen molar-refractivity contribution in [2.24, 2.45) is 0 Å². The Labute approximate surface area is 145 Å². The van der Waals surface area contributed by atoms with Gasteiger partial charge in [-0.1, -0.05) is 38.0 Å². The van der Waals surface area contributed by atoms with Crippen LogP contribution in [0.3, 0.4) is 0 Å². The van der Waals surface area contributed by atoms with Crippen LogP contribution in [0.1, 0.15) is 63.5 Å². The maximum atomic E-state index is 10.3. The summed E-state index contributed by atoms with van der Waals surface area (Å²) in [5, 5.41) is 24.1. The van der Waals surface area contributed by atoms with Crippen LogP contribution in [-0.4, -0.2) is 46.4 Å². The third-order valence-electron chi connectivity index (χ3n) is 5.85. The molecule has 0 spiro atoms. The minimum atomic E-state index is -0.132. The number of phenols is 1. The quantitative estimate of drug-likeness (QED) is 0.775. The number of benzene rings is 1. The van der Waals surface area contributed by atoms with Crippen LogP contribution in [0, 0.1) is 0 Å². The van der Waals surface area contributed by atoms with Crippen LogP contribution in [0.25, 0.3) is 0 Å². The zero-order valence-electron chi connectivity index (χ0n) is 14.8. The van der Waals surface area contributed by atoms with E-state index in [0.29, 0.717) is 17.8 Å². The van der Waals surface area contributed by atoms with Crippen LogP contribution in [0.5, 0.6) is 5.75 Å². The van der Waals surface area contributed by atoms with E-state index < -0.39 is 0 Å². The summed E-state index contributed by atoms with van der Waals surface area (Å²) in [5.41, 5.74) is 1.00. The number of para-hydroxylation sites is 1. The molecule has 1 saturated carbocycles. The minimum Gasteiger partial charge on any atom is -0.508 e. The number of aliphatic hydroxyl groups excluding tert-OH is 1. The predicted molar refractivity (Wildman–Crippen MR) is 97.1 cm³/mol. The fraction of sp³-hybridized carbons (Fsp3) is 0.700. The summed E-state index contributed by atoms with van der Waals surface area (Å²) in [6.07, 6.45) is 7.62. The Hall–Kier alpha value is -1.10. The Morgan fingerprint density at radius 1 is 1.12 bits per heavy atom. The average Bonchev–Trinajstić information content (AvgIpc) is 2.61. The average molecular weight is 332 g/mol. The molecule has 2 aliphatic rings. The molecule has 4 nitrogen and oxygen atoms in total. The van der Waals surface area contributed by atoms with Crippen molar-refractivity contribution in [3.8, 4) is 5.75 Å². The summed E-state index contributed by atoms with van der Waals surface area (Å²) in [6.45, 7) is 4.30. The lowest BCUT2D eigenvalue weighted by molar-refractivity contribution is 0.00655. The van der Waals surface area contributed by atoms with Gasteiger partial charge in [-0.05, 0) is 38.2 Å². The molecule has 1 aromatic rings. The SMILES string of the molecule is CC[C@H](NC1CCN([C@H]2CCCC[C@H]2O)CC1)c1ccccc1O. The van der Waals surface area contributed by atoms with E-state index in [4.69, 9.17) is 0 Å². The molecule has 3 N–H and O–H groups in total. The van der Waals surface area contributed by atoms with Gasteiger partial charge in [0.25, 0.3) is 0 Å². The predicted octanol–water partition coefficient (Wildman–Crippen LogP) is 3.20. The zero-order chi connectivity index (χ0) is 16.9. The minimum absolute atomic E-state index is 0.132. The molecule has 3 rings (SSSR count). The Bertz CT molecular complexity index is 514. The van der Waals surface area contributed by atoms with Gasteiger partial charge in [0.05, 0.1) is 6.10 Å². The van der Waals surface area contributed by atoms with Gasteiger partial charge in [-0.25, -0.2) is 0 Å². The molecule has 1 aromatic carbocycles. The molecule has 0 unspecified atom stereocenters. The van der Waals surface area contributed by atoms with Crippen molar-refractivity contribution in [2.75, 3.05) is 13.1 Å². The monoisotopic (exact) mass is 332 g/mol. The molecule has 1 aliphatic heterocycles. The van der Waals surface area contributed by atoms with Crippen LogP contribution in [0.2, 0.25) is 0 Å². The molecule has 0 aromatic heterocycles. The van der Waals surface area contributed by atoms with E-state index >= 15 is 0 Å². The molecule has 2 fully saturated rings. The first-order valence-corrected chi connectivity index (χ1v) is 9.65. The maximum Gasteiger partial charge on any atom is 0.120 e. The first-order chi connectivity index (χ1) is 11.7. The van der Waals surface area contributed by atoms with Crippen LogP contribution < -0.4 is 5.32 Å². The van der Waals surface area contributed by atoms with Crippen molar-refractivity contribution in [3.05, 3.63) is 29.8 Å². The second-order valence-corrected chi connectivity index (χ2v) is 7.42. The lowest BCUT2D eigenvalue weighted by Crippen LogP contribution is -2.51. The number of aliphatic hydroxyl groups is 1. The highest BCUT2D eigenvalue weighted by atomic mass is 16.3. The highest BCUT2D eigenvalue weighted by molar-refractivity contribution is 5.34. The van der Waals surface area contributed by atoms with Gasteiger partial charge in [0, 0.05) is 36.8 Å². The molecule has 0 bridgehead atoms. The van der Waals surface area contributed by atoms with E-state index in [1.54, 1.807) is 6.07 Å². The van der Waals surface area contributed by atoms with Crippen molar-refractivity contribution >= 4 is 0 Å². The van der Waals surface area contributed by atoms with Gasteiger partial charge >= 0.3 is 0 Å². The van der Waals surface area contributed by atoms with Gasteiger partial charge in [-0.2, -0.15) is 0 Å². The van der Waals surface area contributed by atoms with E-state index in [9.17, 15) is 10.2 Å². The van der Waals surface area contributed by atoms with Gasteiger partial charge in [-0.3, -0.25) is 4.90 Å². The van der Waals surface area contributed by atoms with Crippen molar-refractivity contribution < 1.29 is 10.2 Å². The number of aromatic hydroxyl groups is 1. The Balaban J connectivity index is 1.53. The topological polar surface area (TPSA) is 55.7 Å². The second-order valence-electron chi connectivity index (χ2n) is 7.42. The highest BCUT2D eigenvalue weighted by Gasteiger charge is 2.32. The second kappa shape index (κ2) is 8.32. The number of phenolic OH excluding ortho intramolecular Hbond substituents is 1. The number of rotatable bonds is 5. The molecule has 4 heteroatoms. The molecule has 1 saturated heterocycles. The van der Waals surface area contributed by atoms with Gasteiger partial charge in [-0.15, -0.1) is 0 Å². The van der Waals surface area contributed by atoms with Crippen molar-refractivity contribution in [2.45, 2.75) is 76.1 Å². The summed E-state index contributed by atoms with van der Waals surface area (Å²) in [6, 6.07) is 8.73. The molecular formula is C20H32N2O2. The summed E-state index contributed by atoms with van der Waals surface area (Å²) in [4.78, 5) is 2.50. The van der Waals surface area contributed by atoms with E-state index in [0.717, 1.165) is 50.8 Å². The van der Waals surface area contributed by atoms with Gasteiger partial charge in [0.1, 0.15) is 5.75 Å². The maximum absolute atomic E-state index is 10.3. The summed E-state index contributed by atoms with van der Waals surface area (Å²) >= 11 is 0. The van der Waals surface area contributed by atoms with E-state index in [2.05, 4.69) is 17.1 Å². The van der Waals surface area contributed by atoms with E-state index in [1.165, 1.54) is 12.8 Å². The van der Waals surface area contributed by atoms with Crippen molar-refractivity contribution in [1.82, 2.24) is 10.2 Å². The van der Waals surface area contributed by atoms with Gasteiger partial charge < -0.3 is 15.5 Å². The molecule has 3 atom stereocenters. The van der Waals surface area contributed by atoms with Gasteiger partial charge in [0.15, 0.2) is 0 Å². The Kier molecular flexibility index (Phi) is 6.14. The molecule has 1 heterocycles. The van der Waals surface area contributed by atoms with Crippen molar-refractivity contribution in [1.29, 1.82) is 0 Å². The lowest BCUT2D eigenvalue weighted by Gasteiger charge is -2.42. The summed E-state index contributed by atoms with van der Waals surface area (Å²) < 4.78 is 0. The fourth-order valence-electron chi connectivity index (χ4n) is 4.41. The largest absolute Gasteiger partial charge is 0.508 e. The van der Waals surface area contributed by atoms with E-state index in [1.807, 2.05) is 18.2 Å².